The largest absolute Gasteiger partial charge is 0.493 e. The van der Waals surface area contributed by atoms with Crippen molar-refractivity contribution in [3.63, 3.8) is 0 Å². The van der Waals surface area contributed by atoms with E-state index in [0.29, 0.717) is 61.0 Å². The van der Waals surface area contributed by atoms with Crippen molar-refractivity contribution in [2.75, 3.05) is 10.0 Å². The zero-order chi connectivity index (χ0) is 60.2. The van der Waals surface area contributed by atoms with Crippen molar-refractivity contribution >= 4 is 160 Å². The van der Waals surface area contributed by atoms with Crippen molar-refractivity contribution in [2.45, 2.75) is 0 Å². The number of benzene rings is 5. The van der Waals surface area contributed by atoms with Gasteiger partial charge in [0.2, 0.25) is 11.7 Å². The fraction of sp³-hybridized carbons (Fsp3) is 0. The number of fused-ring (bicyclic) bond motifs is 1. The highest BCUT2D eigenvalue weighted by molar-refractivity contribution is 14.1. The maximum atomic E-state index is 12.7. The number of halogens is 4. The van der Waals surface area contributed by atoms with Crippen molar-refractivity contribution in [1.29, 1.82) is 0 Å². The van der Waals surface area contributed by atoms with Gasteiger partial charge in [-0.3, -0.25) is 69.9 Å². The molecule has 422 valence electrons. The number of rotatable bonds is 10. The molecule has 0 unspecified atom stereocenters. The molecule has 22 nitrogen and oxygen atoms in total. The van der Waals surface area contributed by atoms with Gasteiger partial charge in [-0.2, -0.15) is 0 Å². The summed E-state index contributed by atoms with van der Waals surface area (Å²) in [5.41, 5.74) is 8.63. The van der Waals surface area contributed by atoms with E-state index < -0.39 is 39.0 Å². The van der Waals surface area contributed by atoms with E-state index in [9.17, 15) is 54.1 Å². The molecule has 12 rings (SSSR count). The number of Topliss-reactive ketones (excluding diaryl/α,β-unsaturated/α-hetero) is 1. The minimum atomic E-state index is -0.558. The van der Waals surface area contributed by atoms with E-state index in [0.717, 1.165) is 15.7 Å². The molecule has 2 aliphatic heterocycles. The SMILES string of the molecule is O=C1C(Br)=CC(=Cc2c(O)n(-c3ccc(I)cc3)[nH]c2=O)c2cccnc21.O=C1NN(c2ccc(I)cc2)C(=O)/C1=C/c1ccc(-c2ccc([N+](=O)[O-])cc2)o1.O=C1NN(c2ccc(I)cc2)C(=O)/C1=C/c1ccc(-c2ccccc2[N+](=O)[O-])o1. The Kier molecular flexibility index (Phi) is 17.4. The molecule has 3 aliphatic rings. The number of aromatic nitrogens is 3. The van der Waals surface area contributed by atoms with Gasteiger partial charge >= 0.3 is 0 Å². The van der Waals surface area contributed by atoms with E-state index in [-0.39, 0.29) is 51.3 Å². The van der Waals surface area contributed by atoms with Gasteiger partial charge in [0.25, 0.3) is 40.6 Å². The van der Waals surface area contributed by atoms with Gasteiger partial charge in [0.05, 0.1) is 37.0 Å². The zero-order valence-electron chi connectivity index (χ0n) is 42.9. The van der Waals surface area contributed by atoms with E-state index in [1.165, 1.54) is 46.2 Å². The highest BCUT2D eigenvalue weighted by atomic mass is 127. The number of carbonyl (C=O) groups excluding carboxylic acids is 5. The minimum Gasteiger partial charge on any atom is -0.493 e. The molecule has 0 atom stereocenters. The van der Waals surface area contributed by atoms with Crippen LogP contribution in [-0.4, -0.2) is 59.1 Å². The summed E-state index contributed by atoms with van der Waals surface area (Å²) in [7, 11) is 0. The van der Waals surface area contributed by atoms with Crippen LogP contribution in [0.3, 0.4) is 0 Å². The van der Waals surface area contributed by atoms with Gasteiger partial charge in [-0.05, 0) is 235 Å². The Morgan fingerprint density at radius 1 is 0.576 bits per heavy atom. The van der Waals surface area contributed by atoms with Crippen LogP contribution in [0.4, 0.5) is 22.7 Å². The number of nitrogens with zero attached hydrogens (tertiary/aromatic N) is 6. The van der Waals surface area contributed by atoms with Crippen molar-refractivity contribution in [2.24, 2.45) is 0 Å². The summed E-state index contributed by atoms with van der Waals surface area (Å²) in [5.74, 6) is -1.22. The van der Waals surface area contributed by atoms with E-state index in [1.54, 1.807) is 115 Å². The fourth-order valence-electron chi connectivity index (χ4n) is 8.52. The molecule has 5 aromatic carbocycles. The number of pyridine rings is 1. The molecule has 4 N–H and O–H groups in total. The van der Waals surface area contributed by atoms with Crippen LogP contribution >= 0.6 is 83.7 Å². The number of hydrogen-bond acceptors (Lipinski definition) is 14. The normalized spacial score (nSPS) is 15.0. The van der Waals surface area contributed by atoms with E-state index in [1.807, 2.05) is 36.4 Å². The third-order valence-corrected chi connectivity index (χ3v) is 15.4. The van der Waals surface area contributed by atoms with E-state index in [2.05, 4.69) is 105 Å². The molecule has 2 fully saturated rings. The number of nitro groups is 2. The number of allylic oxidation sites excluding steroid dienone is 3. The molecule has 0 saturated carbocycles. The van der Waals surface area contributed by atoms with Crippen molar-refractivity contribution in [3.05, 3.63) is 255 Å². The monoisotopic (exact) mass is 1540 g/mol. The Bertz CT molecular complexity index is 4400. The van der Waals surface area contributed by atoms with Crippen molar-refractivity contribution in [3.8, 4) is 34.2 Å². The average molecular weight is 1540 g/mol. The first-order valence-electron chi connectivity index (χ1n) is 24.6. The smallest absolute Gasteiger partial charge is 0.282 e. The Morgan fingerprint density at radius 2 is 1.08 bits per heavy atom. The Balaban J connectivity index is 0.000000142. The summed E-state index contributed by atoms with van der Waals surface area (Å²) in [4.78, 5) is 99.7. The van der Waals surface area contributed by atoms with E-state index >= 15 is 0 Å². The number of ketones is 1. The second-order valence-corrected chi connectivity index (χ2v) is 22.6. The number of hydrogen-bond donors (Lipinski definition) is 4. The fourth-order valence-corrected chi connectivity index (χ4v) is 10.0. The maximum absolute atomic E-state index is 12.7. The van der Waals surface area contributed by atoms with Gasteiger partial charge in [0, 0.05) is 46.2 Å². The topological polar surface area (TPSA) is 299 Å². The lowest BCUT2D eigenvalue weighted by Gasteiger charge is -2.14. The van der Waals surface area contributed by atoms with E-state index in [4.69, 9.17) is 8.83 Å². The number of H-pyrrole nitrogens is 1. The molecule has 26 heteroatoms. The molecule has 9 aromatic rings. The summed E-state index contributed by atoms with van der Waals surface area (Å²) in [5, 5.41) is 37.5. The molecule has 4 aromatic heterocycles. The van der Waals surface area contributed by atoms with Crippen LogP contribution in [0.1, 0.15) is 33.1 Å². The molecule has 2 saturated heterocycles. The summed E-state index contributed by atoms with van der Waals surface area (Å²) in [6.45, 7) is 0. The first kappa shape index (κ1) is 58.8. The second kappa shape index (κ2) is 25.2. The zero-order valence-corrected chi connectivity index (χ0v) is 51.0. The maximum Gasteiger partial charge on any atom is 0.282 e. The first-order chi connectivity index (χ1) is 40.8. The van der Waals surface area contributed by atoms with Crippen molar-refractivity contribution in [1.82, 2.24) is 25.6 Å². The van der Waals surface area contributed by atoms with Crippen LogP contribution in [-0.2, 0) is 19.2 Å². The summed E-state index contributed by atoms with van der Waals surface area (Å²) in [6, 6.07) is 43.5. The summed E-state index contributed by atoms with van der Waals surface area (Å²) >= 11 is 9.72. The number of carbonyl (C=O) groups is 5. The Morgan fingerprint density at radius 3 is 1.62 bits per heavy atom. The molecule has 85 heavy (non-hydrogen) atoms. The van der Waals surface area contributed by atoms with Crippen LogP contribution in [0.5, 0.6) is 5.88 Å². The molecular weight excluding hydrogens is 1500 g/mol. The number of aromatic hydroxyl groups is 1. The lowest BCUT2D eigenvalue weighted by Crippen LogP contribution is -2.35. The number of furan rings is 2. The Labute approximate surface area is 528 Å². The van der Waals surface area contributed by atoms with Gasteiger partial charge < -0.3 is 13.9 Å². The average Bonchev–Trinajstić information content (AvgIpc) is 4.50. The number of aromatic amines is 1. The number of amides is 4. The molecular formula is C59H35BrI3N9O13. The van der Waals surface area contributed by atoms with Crippen molar-refractivity contribution < 1.29 is 47.8 Å². The van der Waals surface area contributed by atoms with Crippen LogP contribution in [0.15, 0.2) is 199 Å². The number of hydrazine groups is 2. The van der Waals surface area contributed by atoms with Gasteiger partial charge in [0.15, 0.2) is 0 Å². The first-order valence-corrected chi connectivity index (χ1v) is 28.7. The Hall–Kier alpha value is -9.40. The highest BCUT2D eigenvalue weighted by Gasteiger charge is 2.36. The summed E-state index contributed by atoms with van der Waals surface area (Å²) < 4.78 is 16.0. The predicted molar refractivity (Wildman–Crippen MR) is 341 cm³/mol. The minimum absolute atomic E-state index is 0.0217. The van der Waals surface area contributed by atoms with Gasteiger partial charge in [-0.1, -0.05) is 18.2 Å². The van der Waals surface area contributed by atoms with Crippen LogP contribution in [0.2, 0.25) is 0 Å². The summed E-state index contributed by atoms with van der Waals surface area (Å²) in [6.07, 6.45) is 7.40. The van der Waals surface area contributed by atoms with Gasteiger partial charge in [-0.25, -0.2) is 14.7 Å². The van der Waals surface area contributed by atoms with Crippen LogP contribution in [0.25, 0.3) is 52.1 Å². The van der Waals surface area contributed by atoms with Crippen LogP contribution < -0.4 is 26.4 Å². The lowest BCUT2D eigenvalue weighted by atomic mass is 9.94. The molecule has 0 radical (unpaired) electrons. The number of non-ortho nitro benzene ring substituents is 1. The third-order valence-electron chi connectivity index (χ3n) is 12.6. The lowest BCUT2D eigenvalue weighted by molar-refractivity contribution is -0.384. The standard InChI is InChI=1S/2C20H12IN3O5.C19H11BrIN3O3/c21-13-3-7-14(8-4-13)23-20(26)17(19(25)22-23)11-16-9-10-18(29-16)12-1-5-15(6-2-12)24(27)28;21-12-5-7-13(8-6-12)23-20(26)16(19(25)22-23)11-14-9-10-18(29-14)15-3-1-2-4-17(15)24(27)28;20-15-9-10(13-2-1-7-22-16(13)17(15)25)8-14-18(26)23-24(19(14)27)12-5-3-11(21)4-6-12/h2*1-11H,(H,22,25);1-9,27H,(H,23,26)/b17-11+;16-11+;. The highest BCUT2D eigenvalue weighted by Crippen LogP contribution is 2.35. The molecule has 4 amide bonds. The number of nitro benzene ring substituents is 2. The quantitative estimate of drug-likeness (QED) is 0.0325. The van der Waals surface area contributed by atoms with Gasteiger partial charge in [0.1, 0.15) is 45.4 Å². The van der Waals surface area contributed by atoms with Crippen LogP contribution in [0, 0.1) is 30.9 Å². The molecule has 1 aliphatic carbocycles. The number of anilines is 2. The third kappa shape index (κ3) is 12.9. The molecule has 0 spiro atoms. The second-order valence-electron chi connectivity index (χ2n) is 18.0. The molecule has 6 heterocycles. The predicted octanol–water partition coefficient (Wildman–Crippen LogP) is 11.7. The molecule has 0 bridgehead atoms. The van der Waals surface area contributed by atoms with Gasteiger partial charge in [-0.15, -0.1) is 0 Å². The number of para-hydroxylation sites is 1. The number of nitrogens with one attached hydrogen (secondary N) is 3.